The van der Waals surface area contributed by atoms with Crippen molar-refractivity contribution in [1.82, 2.24) is 0 Å². The lowest BCUT2D eigenvalue weighted by Crippen LogP contribution is -2.47. The summed E-state index contributed by atoms with van der Waals surface area (Å²) < 4.78 is 10.5. The molecule has 2 aromatic carbocycles. The molecule has 0 aromatic heterocycles. The van der Waals surface area contributed by atoms with Gasteiger partial charge >= 0.3 is 11.9 Å². The molecule has 0 N–H and O–H groups in total. The molecular formula is C27H31BrO4. The third-order valence-electron chi connectivity index (χ3n) is 6.44. The summed E-state index contributed by atoms with van der Waals surface area (Å²) in [5.41, 5.74) is 5.96. The summed E-state index contributed by atoms with van der Waals surface area (Å²) in [6.07, 6.45) is 4.75. The van der Waals surface area contributed by atoms with Crippen LogP contribution in [0.3, 0.4) is 0 Å². The first-order chi connectivity index (χ1) is 15.0. The number of hydrogen-bond acceptors (Lipinski definition) is 4. The van der Waals surface area contributed by atoms with Crippen molar-refractivity contribution >= 4 is 40.0 Å². The lowest BCUT2D eigenvalue weighted by molar-refractivity contribution is -0.151. The van der Waals surface area contributed by atoms with Crippen molar-refractivity contribution in [3.05, 3.63) is 69.8 Å². The second-order valence-electron chi connectivity index (χ2n) is 9.58. The Morgan fingerprint density at radius 3 is 2.28 bits per heavy atom. The lowest BCUT2D eigenvalue weighted by Gasteiger charge is -2.47. The van der Waals surface area contributed by atoms with Gasteiger partial charge in [-0.2, -0.15) is 0 Å². The van der Waals surface area contributed by atoms with Gasteiger partial charge < -0.3 is 9.47 Å². The van der Waals surface area contributed by atoms with Crippen LogP contribution in [-0.2, 0) is 30.4 Å². The van der Waals surface area contributed by atoms with E-state index in [1.165, 1.54) is 30.7 Å². The van der Waals surface area contributed by atoms with Gasteiger partial charge in [-0.25, -0.2) is 4.79 Å². The monoisotopic (exact) mass is 498 g/mol. The SMILES string of the molecule is COC(=O)c1ccc(/C=C/c2cc3c(cc2CBr)C(C)(C)CC(OC(C)=O)C3(C)C)cc1. The van der Waals surface area contributed by atoms with Crippen molar-refractivity contribution < 1.29 is 19.1 Å². The Bertz CT molecular complexity index is 1050. The predicted octanol–water partition coefficient (Wildman–Crippen LogP) is 6.43. The molecule has 3 rings (SSSR count). The third kappa shape index (κ3) is 4.83. The van der Waals surface area contributed by atoms with Gasteiger partial charge in [0.2, 0.25) is 0 Å². The largest absolute Gasteiger partial charge is 0.465 e. The summed E-state index contributed by atoms with van der Waals surface area (Å²) in [5, 5.41) is 0.741. The molecule has 1 aliphatic rings. The maximum atomic E-state index is 11.8. The van der Waals surface area contributed by atoms with Crippen molar-refractivity contribution in [3.8, 4) is 0 Å². The zero-order valence-corrected chi connectivity index (χ0v) is 21.2. The molecule has 0 aliphatic heterocycles. The first kappa shape index (κ1) is 24.2. The Kier molecular flexibility index (Phi) is 6.99. The highest BCUT2D eigenvalue weighted by Crippen LogP contribution is 2.48. The quantitative estimate of drug-likeness (QED) is 0.270. The molecule has 0 saturated carbocycles. The van der Waals surface area contributed by atoms with Gasteiger partial charge in [0.05, 0.1) is 12.7 Å². The molecule has 0 radical (unpaired) electrons. The fourth-order valence-electron chi connectivity index (χ4n) is 4.45. The number of halogens is 1. The molecule has 0 heterocycles. The van der Waals surface area contributed by atoms with E-state index in [1.807, 2.05) is 18.2 Å². The van der Waals surface area contributed by atoms with Gasteiger partial charge in [-0.3, -0.25) is 4.79 Å². The molecule has 0 saturated heterocycles. The van der Waals surface area contributed by atoms with Gasteiger partial charge in [0.1, 0.15) is 6.10 Å². The summed E-state index contributed by atoms with van der Waals surface area (Å²) in [6.45, 7) is 10.2. The molecule has 2 aromatic rings. The Hall–Kier alpha value is -2.40. The molecular weight excluding hydrogens is 468 g/mol. The van der Waals surface area contributed by atoms with Crippen LogP contribution in [-0.4, -0.2) is 25.2 Å². The van der Waals surface area contributed by atoms with E-state index < -0.39 is 0 Å². The maximum Gasteiger partial charge on any atom is 0.337 e. The molecule has 0 spiro atoms. The van der Waals surface area contributed by atoms with Crippen LogP contribution in [0.1, 0.15) is 79.2 Å². The maximum absolute atomic E-state index is 11.8. The van der Waals surface area contributed by atoms with E-state index in [-0.39, 0.29) is 28.9 Å². The minimum absolute atomic E-state index is 0.103. The van der Waals surface area contributed by atoms with E-state index in [1.54, 1.807) is 12.1 Å². The molecule has 5 heteroatoms. The van der Waals surface area contributed by atoms with Crippen LogP contribution in [0.4, 0.5) is 0 Å². The number of benzene rings is 2. The van der Waals surface area contributed by atoms with E-state index in [9.17, 15) is 9.59 Å². The topological polar surface area (TPSA) is 52.6 Å². The lowest BCUT2D eigenvalue weighted by atomic mass is 9.61. The normalized spacial score (nSPS) is 18.8. The molecule has 1 aliphatic carbocycles. The molecule has 170 valence electrons. The molecule has 1 atom stereocenters. The van der Waals surface area contributed by atoms with Crippen LogP contribution in [0.15, 0.2) is 36.4 Å². The summed E-state index contributed by atoms with van der Waals surface area (Å²) >= 11 is 3.65. The van der Waals surface area contributed by atoms with Crippen LogP contribution in [0, 0.1) is 0 Å². The Labute approximate surface area is 199 Å². The van der Waals surface area contributed by atoms with E-state index in [2.05, 4.69) is 61.8 Å². The second-order valence-corrected chi connectivity index (χ2v) is 10.1. The Morgan fingerprint density at radius 1 is 1.06 bits per heavy atom. The van der Waals surface area contributed by atoms with E-state index in [0.717, 1.165) is 22.9 Å². The van der Waals surface area contributed by atoms with E-state index in [0.29, 0.717) is 5.56 Å². The number of esters is 2. The Morgan fingerprint density at radius 2 is 1.72 bits per heavy atom. The first-order valence-corrected chi connectivity index (χ1v) is 11.9. The molecule has 0 amide bonds. The van der Waals surface area contributed by atoms with Crippen LogP contribution >= 0.6 is 15.9 Å². The van der Waals surface area contributed by atoms with Crippen LogP contribution in [0.25, 0.3) is 12.2 Å². The van der Waals surface area contributed by atoms with Crippen LogP contribution < -0.4 is 0 Å². The minimum Gasteiger partial charge on any atom is -0.465 e. The van der Waals surface area contributed by atoms with Crippen molar-refractivity contribution in [3.63, 3.8) is 0 Å². The summed E-state index contributed by atoms with van der Waals surface area (Å²) in [4.78, 5) is 23.4. The molecule has 1 unspecified atom stereocenters. The van der Waals surface area contributed by atoms with Gasteiger partial charge in [-0.15, -0.1) is 0 Å². The summed E-state index contributed by atoms with van der Waals surface area (Å²) in [7, 11) is 1.38. The van der Waals surface area contributed by atoms with Crippen LogP contribution in [0.5, 0.6) is 0 Å². The molecule has 4 nitrogen and oxygen atoms in total. The average Bonchev–Trinajstić information content (AvgIpc) is 2.75. The Balaban J connectivity index is 2.03. The van der Waals surface area contributed by atoms with Gasteiger partial charge in [0.25, 0.3) is 0 Å². The number of methoxy groups -OCH3 is 1. The molecule has 0 bridgehead atoms. The highest BCUT2D eigenvalue weighted by atomic mass is 79.9. The highest BCUT2D eigenvalue weighted by molar-refractivity contribution is 9.08. The minimum atomic E-state index is -0.344. The number of rotatable bonds is 5. The summed E-state index contributed by atoms with van der Waals surface area (Å²) in [5.74, 6) is -0.584. The van der Waals surface area contributed by atoms with E-state index in [4.69, 9.17) is 9.47 Å². The fraction of sp³-hybridized carbons (Fsp3) is 0.407. The zero-order valence-electron chi connectivity index (χ0n) is 19.6. The van der Waals surface area contributed by atoms with Crippen molar-refractivity contribution in [1.29, 1.82) is 0 Å². The number of carbonyl (C=O) groups excluding carboxylic acids is 2. The predicted molar refractivity (Wildman–Crippen MR) is 132 cm³/mol. The number of alkyl halides is 1. The average molecular weight is 499 g/mol. The number of fused-ring (bicyclic) bond motifs is 1. The smallest absolute Gasteiger partial charge is 0.337 e. The van der Waals surface area contributed by atoms with E-state index >= 15 is 0 Å². The van der Waals surface area contributed by atoms with Gasteiger partial charge in [0, 0.05) is 17.7 Å². The second kappa shape index (κ2) is 9.22. The number of hydrogen-bond donors (Lipinski definition) is 0. The van der Waals surface area contributed by atoms with Gasteiger partial charge in [0.15, 0.2) is 0 Å². The highest BCUT2D eigenvalue weighted by Gasteiger charge is 2.46. The van der Waals surface area contributed by atoms with Gasteiger partial charge in [-0.05, 0) is 51.8 Å². The first-order valence-electron chi connectivity index (χ1n) is 10.8. The fourth-order valence-corrected chi connectivity index (χ4v) is 4.94. The van der Waals surface area contributed by atoms with Crippen LogP contribution in [0.2, 0.25) is 0 Å². The van der Waals surface area contributed by atoms with Crippen molar-refractivity contribution in [2.75, 3.05) is 7.11 Å². The number of carbonyl (C=O) groups is 2. The van der Waals surface area contributed by atoms with Crippen molar-refractivity contribution in [2.45, 2.75) is 63.3 Å². The summed E-state index contributed by atoms with van der Waals surface area (Å²) in [6, 6.07) is 11.9. The third-order valence-corrected chi connectivity index (χ3v) is 7.05. The van der Waals surface area contributed by atoms with Gasteiger partial charge in [-0.1, -0.05) is 80.0 Å². The standard InChI is InChI=1S/C27H31BrO4/c1-17(29)32-24-15-26(2,3)22-14-21(16-28)20(13-23(22)27(24,4)5)12-9-18-7-10-19(11-8-18)25(30)31-6/h7-14,24H,15-16H2,1-6H3/b12-9+. The number of ether oxygens (including phenoxy) is 2. The zero-order chi connectivity index (χ0) is 23.7. The molecule has 32 heavy (non-hydrogen) atoms. The molecule has 0 fully saturated rings. The van der Waals surface area contributed by atoms with Crippen molar-refractivity contribution in [2.24, 2.45) is 0 Å².